The van der Waals surface area contributed by atoms with Crippen molar-refractivity contribution in [3.05, 3.63) is 51.9 Å². The van der Waals surface area contributed by atoms with Gasteiger partial charge in [0.25, 0.3) is 5.91 Å². The van der Waals surface area contributed by atoms with Crippen LogP contribution in [0.25, 0.3) is 0 Å². The Bertz CT molecular complexity index is 664. The fourth-order valence-corrected chi connectivity index (χ4v) is 1.90. The van der Waals surface area contributed by atoms with Crippen LogP contribution in [0.1, 0.15) is 10.4 Å². The Morgan fingerprint density at radius 1 is 1.25 bits per heavy atom. The maximum absolute atomic E-state index is 13.3. The van der Waals surface area contributed by atoms with Gasteiger partial charge < -0.3 is 10.6 Å². The number of nitrogens with one attached hydrogen (secondary N) is 2. The third-order valence-corrected chi connectivity index (χ3v) is 3.11. The van der Waals surface area contributed by atoms with Gasteiger partial charge in [-0.05, 0) is 24.3 Å². The molecule has 0 bridgehead atoms. The second-order valence-electron chi connectivity index (χ2n) is 3.89. The zero-order valence-corrected chi connectivity index (χ0v) is 11.9. The first-order valence-corrected chi connectivity index (χ1v) is 6.36. The maximum Gasteiger partial charge on any atom is 0.257 e. The summed E-state index contributed by atoms with van der Waals surface area (Å²) in [6.45, 7) is 0. The zero-order valence-electron chi connectivity index (χ0n) is 10.4. The molecule has 0 aliphatic carbocycles. The number of aromatic nitrogens is 1. The van der Waals surface area contributed by atoms with Crippen LogP contribution in [-0.2, 0) is 0 Å². The Labute approximate surface area is 124 Å². The van der Waals surface area contributed by atoms with Gasteiger partial charge in [-0.15, -0.1) is 0 Å². The van der Waals surface area contributed by atoms with Crippen LogP contribution in [0, 0.1) is 5.82 Å². The number of anilines is 2. The molecule has 1 heterocycles. The van der Waals surface area contributed by atoms with Crippen molar-refractivity contribution in [3.63, 3.8) is 0 Å². The number of benzene rings is 1. The number of carbonyl (C=O) groups is 1. The van der Waals surface area contributed by atoms with Crippen molar-refractivity contribution >= 4 is 40.6 Å². The molecule has 0 atom stereocenters. The third-order valence-electron chi connectivity index (χ3n) is 2.52. The highest BCUT2D eigenvalue weighted by Gasteiger charge is 2.10. The van der Waals surface area contributed by atoms with Gasteiger partial charge in [0, 0.05) is 18.9 Å². The Morgan fingerprint density at radius 3 is 2.60 bits per heavy atom. The average molecular weight is 314 g/mol. The molecular formula is C13H10Cl2FN3O. The van der Waals surface area contributed by atoms with Gasteiger partial charge in [-0.25, -0.2) is 9.37 Å². The molecule has 2 N–H and O–H groups in total. The summed E-state index contributed by atoms with van der Waals surface area (Å²) in [6.07, 6.45) is 1.37. The van der Waals surface area contributed by atoms with Crippen LogP contribution < -0.4 is 10.6 Å². The topological polar surface area (TPSA) is 54.0 Å². The van der Waals surface area contributed by atoms with Crippen molar-refractivity contribution in [2.45, 2.75) is 0 Å². The van der Waals surface area contributed by atoms with Crippen molar-refractivity contribution in [1.82, 2.24) is 4.98 Å². The molecule has 0 aliphatic rings. The number of rotatable bonds is 3. The number of halogens is 3. The first-order chi connectivity index (χ1) is 9.51. The molecule has 4 nitrogen and oxygen atoms in total. The minimum absolute atomic E-state index is 0.00826. The van der Waals surface area contributed by atoms with E-state index in [-0.39, 0.29) is 10.6 Å². The van der Waals surface area contributed by atoms with Crippen LogP contribution >= 0.6 is 23.2 Å². The molecular weight excluding hydrogens is 304 g/mol. The van der Waals surface area contributed by atoms with Gasteiger partial charge in [-0.1, -0.05) is 23.2 Å². The Balaban J connectivity index is 2.19. The monoisotopic (exact) mass is 313 g/mol. The lowest BCUT2D eigenvalue weighted by molar-refractivity contribution is 0.102. The second-order valence-corrected chi connectivity index (χ2v) is 4.70. The Kier molecular flexibility index (Phi) is 4.42. The summed E-state index contributed by atoms with van der Waals surface area (Å²) >= 11 is 11.5. The Morgan fingerprint density at radius 2 is 2.00 bits per heavy atom. The first-order valence-electron chi connectivity index (χ1n) is 5.61. The van der Waals surface area contributed by atoms with Crippen LogP contribution in [0.15, 0.2) is 30.5 Å². The van der Waals surface area contributed by atoms with Crippen molar-refractivity contribution in [2.75, 3.05) is 17.7 Å². The summed E-state index contributed by atoms with van der Waals surface area (Å²) in [5.41, 5.74) is 0.565. The number of nitrogens with zero attached hydrogens (tertiary/aromatic N) is 1. The molecule has 0 spiro atoms. The molecule has 1 aromatic carbocycles. The minimum Gasteiger partial charge on any atom is -0.372 e. The number of carbonyl (C=O) groups excluding carboxylic acids is 1. The fourth-order valence-electron chi connectivity index (χ4n) is 1.52. The van der Waals surface area contributed by atoms with Gasteiger partial charge >= 0.3 is 0 Å². The van der Waals surface area contributed by atoms with E-state index in [9.17, 15) is 9.18 Å². The lowest BCUT2D eigenvalue weighted by Crippen LogP contribution is -2.12. The SMILES string of the molecule is CNc1ncc(C(=O)Nc2ccc(Cl)c(F)c2)cc1Cl. The number of hydrogen-bond acceptors (Lipinski definition) is 3. The molecule has 0 unspecified atom stereocenters. The summed E-state index contributed by atoms with van der Waals surface area (Å²) in [7, 11) is 1.67. The largest absolute Gasteiger partial charge is 0.372 e. The molecule has 0 saturated heterocycles. The molecule has 0 aliphatic heterocycles. The first kappa shape index (κ1) is 14.6. The van der Waals surface area contributed by atoms with Crippen LogP contribution in [0.3, 0.4) is 0 Å². The van der Waals surface area contributed by atoms with E-state index in [0.29, 0.717) is 16.5 Å². The number of amides is 1. The molecule has 0 fully saturated rings. The summed E-state index contributed by atoms with van der Waals surface area (Å²) in [5, 5.41) is 5.63. The molecule has 2 rings (SSSR count). The van der Waals surface area contributed by atoms with E-state index in [1.165, 1.54) is 24.4 Å². The van der Waals surface area contributed by atoms with Crippen molar-refractivity contribution in [2.24, 2.45) is 0 Å². The van der Waals surface area contributed by atoms with Gasteiger partial charge in [0.2, 0.25) is 0 Å². The van der Waals surface area contributed by atoms with E-state index in [1.807, 2.05) is 0 Å². The predicted octanol–water partition coefficient (Wildman–Crippen LogP) is 3.82. The van der Waals surface area contributed by atoms with E-state index in [1.54, 1.807) is 7.05 Å². The van der Waals surface area contributed by atoms with Gasteiger partial charge in [-0.3, -0.25) is 4.79 Å². The number of pyridine rings is 1. The highest BCUT2D eigenvalue weighted by atomic mass is 35.5. The summed E-state index contributed by atoms with van der Waals surface area (Å²) in [6, 6.07) is 5.47. The molecule has 7 heteroatoms. The van der Waals surface area contributed by atoms with Crippen molar-refractivity contribution in [1.29, 1.82) is 0 Å². The van der Waals surface area contributed by atoms with Gasteiger partial charge in [0.05, 0.1) is 15.6 Å². The smallest absolute Gasteiger partial charge is 0.257 e. The minimum atomic E-state index is -0.605. The van der Waals surface area contributed by atoms with E-state index >= 15 is 0 Å². The lowest BCUT2D eigenvalue weighted by Gasteiger charge is -2.07. The molecule has 20 heavy (non-hydrogen) atoms. The summed E-state index contributed by atoms with van der Waals surface area (Å²) < 4.78 is 13.3. The van der Waals surface area contributed by atoms with E-state index < -0.39 is 11.7 Å². The maximum atomic E-state index is 13.3. The van der Waals surface area contributed by atoms with Crippen molar-refractivity contribution < 1.29 is 9.18 Å². The van der Waals surface area contributed by atoms with E-state index in [0.717, 1.165) is 6.07 Å². The Hall–Kier alpha value is -1.85. The van der Waals surface area contributed by atoms with E-state index in [4.69, 9.17) is 23.2 Å². The van der Waals surface area contributed by atoms with Gasteiger partial charge in [0.1, 0.15) is 11.6 Å². The second kappa shape index (κ2) is 6.07. The molecule has 1 amide bonds. The predicted molar refractivity (Wildman–Crippen MR) is 78.2 cm³/mol. The van der Waals surface area contributed by atoms with Crippen LogP contribution in [0.4, 0.5) is 15.9 Å². The van der Waals surface area contributed by atoms with Crippen LogP contribution in [0.2, 0.25) is 10.0 Å². The van der Waals surface area contributed by atoms with Gasteiger partial charge in [0.15, 0.2) is 0 Å². The third kappa shape index (κ3) is 3.18. The fraction of sp³-hybridized carbons (Fsp3) is 0.0769. The highest BCUT2D eigenvalue weighted by Crippen LogP contribution is 2.21. The van der Waals surface area contributed by atoms with Crippen LogP contribution in [0.5, 0.6) is 0 Å². The standard InChI is InChI=1S/C13H10Cl2FN3O/c1-17-12-10(15)4-7(6-18-12)13(20)19-8-2-3-9(14)11(16)5-8/h2-6H,1H3,(H,17,18)(H,19,20). The molecule has 2 aromatic rings. The average Bonchev–Trinajstić information content (AvgIpc) is 2.42. The van der Waals surface area contributed by atoms with E-state index in [2.05, 4.69) is 15.6 Å². The quantitative estimate of drug-likeness (QED) is 0.905. The zero-order chi connectivity index (χ0) is 14.7. The molecule has 1 aromatic heterocycles. The highest BCUT2D eigenvalue weighted by molar-refractivity contribution is 6.33. The summed E-state index contributed by atoms with van der Waals surface area (Å²) in [5.74, 6) is -0.573. The lowest BCUT2D eigenvalue weighted by atomic mass is 10.2. The molecule has 0 saturated carbocycles. The normalized spacial score (nSPS) is 10.2. The number of hydrogen-bond donors (Lipinski definition) is 2. The van der Waals surface area contributed by atoms with Gasteiger partial charge in [-0.2, -0.15) is 0 Å². The molecule has 0 radical (unpaired) electrons. The summed E-state index contributed by atoms with van der Waals surface area (Å²) in [4.78, 5) is 16.0. The van der Waals surface area contributed by atoms with Crippen molar-refractivity contribution in [3.8, 4) is 0 Å². The van der Waals surface area contributed by atoms with Crippen LogP contribution in [-0.4, -0.2) is 17.9 Å². The molecule has 104 valence electrons.